The van der Waals surface area contributed by atoms with E-state index in [1.807, 2.05) is 103 Å². The van der Waals surface area contributed by atoms with Gasteiger partial charge >= 0.3 is 0 Å². The summed E-state index contributed by atoms with van der Waals surface area (Å²) >= 11 is 0. The van der Waals surface area contributed by atoms with Gasteiger partial charge in [-0.1, -0.05) is 66.4 Å². The van der Waals surface area contributed by atoms with Gasteiger partial charge in [-0.3, -0.25) is 4.68 Å². The fraction of sp³-hybridized carbons (Fsp3) is 0.231. The van der Waals surface area contributed by atoms with Gasteiger partial charge in [-0.25, -0.2) is 0 Å². The van der Waals surface area contributed by atoms with E-state index in [2.05, 4.69) is 86.5 Å². The molecule has 5 aromatic rings. The van der Waals surface area contributed by atoms with Gasteiger partial charge in [-0.2, -0.15) is 79.0 Å². The average molecular weight is 736 g/mol. The van der Waals surface area contributed by atoms with Crippen LogP contribution in [0.15, 0.2) is 103 Å². The van der Waals surface area contributed by atoms with E-state index in [0.717, 1.165) is 28.1 Å². The van der Waals surface area contributed by atoms with Gasteiger partial charge in [-0.15, -0.1) is 42.1 Å². The van der Waals surface area contributed by atoms with E-state index in [1.165, 1.54) is 27.9 Å². The number of aromatic nitrogens is 2. The van der Waals surface area contributed by atoms with Crippen molar-refractivity contribution in [1.82, 2.24) is 9.78 Å². The number of benzene rings is 4. The molecular formula is C39H47HfN3-4. The molecule has 226 valence electrons. The Morgan fingerprint density at radius 3 is 1.23 bits per heavy atom. The van der Waals surface area contributed by atoms with Crippen molar-refractivity contribution >= 4 is 5.69 Å². The fourth-order valence-electron chi connectivity index (χ4n) is 4.41. The zero-order chi connectivity index (χ0) is 31.3. The Bertz CT molecular complexity index is 1380. The molecule has 0 aliphatic heterocycles. The molecule has 0 amide bonds. The fourth-order valence-corrected chi connectivity index (χ4v) is 4.41. The van der Waals surface area contributed by atoms with Crippen LogP contribution in [0.25, 0.3) is 5.32 Å². The molecule has 3 nitrogen and oxygen atoms in total. The van der Waals surface area contributed by atoms with Gasteiger partial charge in [0.25, 0.3) is 0 Å². The first-order chi connectivity index (χ1) is 19.8. The first kappa shape index (κ1) is 37.4. The third kappa shape index (κ3) is 12.6. The largest absolute Gasteiger partial charge is 0.674 e. The average Bonchev–Trinajstić information content (AvgIpc) is 3.21. The van der Waals surface area contributed by atoms with Crippen molar-refractivity contribution in [2.75, 3.05) is 0 Å². The Hall–Kier alpha value is -3.63. The summed E-state index contributed by atoms with van der Waals surface area (Å²) in [5.41, 5.74) is 11.2. The minimum Gasteiger partial charge on any atom is -0.674 e. The van der Waals surface area contributed by atoms with Gasteiger partial charge in [-0.05, 0) is 40.2 Å². The Morgan fingerprint density at radius 1 is 0.628 bits per heavy atom. The molecular weight excluding hydrogens is 689 g/mol. The molecule has 0 saturated carbocycles. The van der Waals surface area contributed by atoms with Crippen LogP contribution in [0.2, 0.25) is 0 Å². The SMILES string of the molecule is Cc1cc(C)c([N-]C(C)(C)c2nn(C)c(C)c2C)c(C)c1.[CH2-]c1ccccc1.[CH2-]c1ccccc1.[CH2-]c1ccccc1.[Hf]. The van der Waals surface area contributed by atoms with Crippen LogP contribution >= 0.6 is 0 Å². The van der Waals surface area contributed by atoms with Crippen molar-refractivity contribution in [1.29, 1.82) is 0 Å². The van der Waals surface area contributed by atoms with Crippen LogP contribution in [0.1, 0.15) is 64.2 Å². The standard InChI is InChI=1S/C18H26N3.3C7H7.Hf/c1-11-9-12(2)16(13(3)10-11)19-18(6,7)17-14(4)15(5)21(8)20-17;3*1-7-5-3-2-4-6-7;/h9-10H,1-8H3;3*2-6H,1H2;/q4*-1;. The second-order valence-corrected chi connectivity index (χ2v) is 11.1. The molecule has 0 spiro atoms. The van der Waals surface area contributed by atoms with Crippen molar-refractivity contribution in [3.8, 4) is 0 Å². The summed E-state index contributed by atoms with van der Waals surface area (Å²) in [5.74, 6) is 0. The Kier molecular flexibility index (Phi) is 15.8. The van der Waals surface area contributed by atoms with Crippen molar-refractivity contribution in [2.45, 2.75) is 54.0 Å². The van der Waals surface area contributed by atoms with Crippen molar-refractivity contribution in [3.63, 3.8) is 0 Å². The normalized spacial score (nSPS) is 9.95. The molecule has 0 unspecified atom stereocenters. The van der Waals surface area contributed by atoms with E-state index in [4.69, 9.17) is 5.32 Å². The molecule has 0 atom stereocenters. The quantitative estimate of drug-likeness (QED) is 0.134. The molecule has 0 aliphatic carbocycles. The van der Waals surface area contributed by atoms with E-state index in [9.17, 15) is 0 Å². The van der Waals surface area contributed by atoms with Gasteiger partial charge in [0.2, 0.25) is 0 Å². The molecule has 0 saturated heterocycles. The van der Waals surface area contributed by atoms with Gasteiger partial charge in [0.1, 0.15) is 0 Å². The number of hydrogen-bond acceptors (Lipinski definition) is 1. The van der Waals surface area contributed by atoms with Gasteiger partial charge < -0.3 is 5.32 Å². The van der Waals surface area contributed by atoms with Crippen LogP contribution < -0.4 is 0 Å². The summed E-state index contributed by atoms with van der Waals surface area (Å²) in [6, 6.07) is 34.0. The predicted octanol–water partition coefficient (Wildman–Crippen LogP) is 10.5. The molecule has 0 bridgehead atoms. The maximum atomic E-state index is 5.04. The molecule has 0 aliphatic rings. The minimum atomic E-state index is -0.332. The van der Waals surface area contributed by atoms with Crippen molar-refractivity contribution < 1.29 is 25.8 Å². The van der Waals surface area contributed by atoms with E-state index < -0.39 is 0 Å². The van der Waals surface area contributed by atoms with Gasteiger partial charge in [0, 0.05) is 38.6 Å². The van der Waals surface area contributed by atoms with E-state index in [1.54, 1.807) is 0 Å². The summed E-state index contributed by atoms with van der Waals surface area (Å²) in [4.78, 5) is 0. The molecule has 0 radical (unpaired) electrons. The maximum Gasteiger partial charge on any atom is 0.0537 e. The molecule has 43 heavy (non-hydrogen) atoms. The van der Waals surface area contributed by atoms with E-state index >= 15 is 0 Å². The smallest absolute Gasteiger partial charge is 0.0537 e. The Labute approximate surface area is 280 Å². The van der Waals surface area contributed by atoms with Crippen LogP contribution in [-0.4, -0.2) is 9.78 Å². The molecule has 4 heteroatoms. The molecule has 1 aromatic heterocycles. The summed E-state index contributed by atoms with van der Waals surface area (Å²) in [6.45, 7) is 26.1. The zero-order valence-electron chi connectivity index (χ0n) is 27.3. The van der Waals surface area contributed by atoms with Crippen molar-refractivity contribution in [3.05, 3.63) is 180 Å². The summed E-state index contributed by atoms with van der Waals surface area (Å²) in [7, 11) is 1.99. The molecule has 0 fully saturated rings. The number of rotatable bonds is 3. The summed E-state index contributed by atoms with van der Waals surface area (Å²) in [5, 5.41) is 9.72. The van der Waals surface area contributed by atoms with Crippen LogP contribution in [0.4, 0.5) is 5.69 Å². The first-order valence-electron chi connectivity index (χ1n) is 14.2. The minimum absolute atomic E-state index is 0. The van der Waals surface area contributed by atoms with E-state index in [0.29, 0.717) is 0 Å². The number of aryl methyl sites for hydroxylation is 4. The maximum absolute atomic E-state index is 5.04. The van der Waals surface area contributed by atoms with E-state index in [-0.39, 0.29) is 31.4 Å². The third-order valence-electron chi connectivity index (χ3n) is 6.77. The van der Waals surface area contributed by atoms with Crippen LogP contribution in [0.3, 0.4) is 0 Å². The first-order valence-corrected chi connectivity index (χ1v) is 14.2. The van der Waals surface area contributed by atoms with Crippen LogP contribution in [0, 0.1) is 55.4 Å². The zero-order valence-corrected chi connectivity index (χ0v) is 30.9. The number of hydrogen-bond donors (Lipinski definition) is 0. The number of nitrogens with zero attached hydrogens (tertiary/aromatic N) is 3. The monoisotopic (exact) mass is 737 g/mol. The van der Waals surface area contributed by atoms with Crippen molar-refractivity contribution in [2.24, 2.45) is 7.05 Å². The molecule has 4 aromatic carbocycles. The molecule has 1 heterocycles. The second-order valence-electron chi connectivity index (χ2n) is 11.1. The Morgan fingerprint density at radius 2 is 0.977 bits per heavy atom. The third-order valence-corrected chi connectivity index (χ3v) is 6.77. The van der Waals surface area contributed by atoms with Gasteiger partial charge in [0.05, 0.1) is 5.69 Å². The summed E-state index contributed by atoms with van der Waals surface area (Å²) in [6.07, 6.45) is 0. The van der Waals surface area contributed by atoms with Gasteiger partial charge in [0.15, 0.2) is 0 Å². The van der Waals surface area contributed by atoms with Crippen LogP contribution in [0.5, 0.6) is 0 Å². The topological polar surface area (TPSA) is 31.9 Å². The second kappa shape index (κ2) is 18.1. The molecule has 5 rings (SSSR count). The predicted molar refractivity (Wildman–Crippen MR) is 182 cm³/mol. The molecule has 0 N–H and O–H groups in total. The van der Waals surface area contributed by atoms with Crippen LogP contribution in [-0.2, 0) is 38.4 Å². The summed E-state index contributed by atoms with van der Waals surface area (Å²) < 4.78 is 1.94. The Balaban J connectivity index is 0.000000340.